The molecule has 4 N–H and O–H groups in total. The highest BCUT2D eigenvalue weighted by atomic mass is 32.2. The van der Waals surface area contributed by atoms with Crippen LogP contribution in [0.2, 0.25) is 0 Å². The predicted octanol–water partition coefficient (Wildman–Crippen LogP) is 8.44. The average Bonchev–Trinajstić information content (AvgIpc) is 3.31. The monoisotopic (exact) mass is 1070 g/mol. The Labute approximate surface area is 424 Å². The smallest absolute Gasteiger partial charge is 0.347 e. The largest absolute Gasteiger partial charge is 0.361 e. The van der Waals surface area contributed by atoms with E-state index in [1.54, 1.807) is 49.3 Å². The molecule has 380 valence electrons. The number of anilines is 1. The Morgan fingerprint density at radius 2 is 1.11 bits per heavy atom. The number of fused-ring (bicyclic) bond motifs is 2. The normalized spacial score (nSPS) is 12.5. The Morgan fingerprint density at radius 1 is 0.548 bits per heavy atom. The van der Waals surface area contributed by atoms with Crippen molar-refractivity contribution in [2.24, 2.45) is 0 Å². The molecule has 2 heterocycles. The quantitative estimate of drug-likeness (QED) is 0.0288. The van der Waals surface area contributed by atoms with Gasteiger partial charge in [0, 0.05) is 56.7 Å². The second-order valence-electron chi connectivity index (χ2n) is 18.1. The number of nitrogens with one attached hydrogen (secondary N) is 1. The molecule has 0 aliphatic heterocycles. The van der Waals surface area contributed by atoms with Crippen LogP contribution in [0, 0.1) is 27.7 Å². The van der Waals surface area contributed by atoms with Crippen LogP contribution >= 0.6 is 0 Å². The summed E-state index contributed by atoms with van der Waals surface area (Å²) < 4.78 is 140. The van der Waals surface area contributed by atoms with Crippen molar-refractivity contribution >= 4 is 68.3 Å². The fourth-order valence-corrected chi connectivity index (χ4v) is 12.1. The molecule has 8 rings (SSSR count). The van der Waals surface area contributed by atoms with Crippen LogP contribution in [0.5, 0.6) is 0 Å². The van der Waals surface area contributed by atoms with Crippen molar-refractivity contribution < 1.29 is 51.7 Å². The number of aryl methyl sites for hydroxylation is 5. The molecule has 0 spiro atoms. The Morgan fingerprint density at radius 3 is 1.67 bits per heavy atom. The first kappa shape index (κ1) is 52.8. The fourth-order valence-electron chi connectivity index (χ4n) is 8.97. The van der Waals surface area contributed by atoms with Gasteiger partial charge in [0.25, 0.3) is 30.4 Å². The molecular weight excluding hydrogens is 1010 g/mol. The molecule has 0 aliphatic rings. The van der Waals surface area contributed by atoms with E-state index in [2.05, 4.69) is 45.7 Å². The number of hydrogen-bond acceptors (Lipinski definition) is 12. The molecular formula is C52H52N5O12S4+. The number of hydrogen-bond donors (Lipinski definition) is 4. The maximum atomic E-state index is 13.7. The molecule has 0 bridgehead atoms. The van der Waals surface area contributed by atoms with E-state index in [0.29, 0.717) is 45.9 Å². The first-order valence-corrected chi connectivity index (χ1v) is 28.6. The zero-order valence-electron chi connectivity index (χ0n) is 40.6. The Hall–Kier alpha value is -6.56. The molecule has 0 fully saturated rings. The fraction of sp³-hybridized carbons (Fsp3) is 0.231. The van der Waals surface area contributed by atoms with Gasteiger partial charge < -0.3 is 4.90 Å². The van der Waals surface area contributed by atoms with Crippen molar-refractivity contribution in [3.63, 3.8) is 0 Å². The number of nitrogens with zero attached hydrogens (tertiary/aromatic N) is 4. The van der Waals surface area contributed by atoms with Gasteiger partial charge in [-0.05, 0) is 146 Å². The average molecular weight is 1070 g/mol. The molecule has 73 heavy (non-hydrogen) atoms. The molecule has 0 amide bonds. The first-order chi connectivity index (χ1) is 34.3. The van der Waals surface area contributed by atoms with E-state index in [-0.39, 0.29) is 58.8 Å². The minimum absolute atomic E-state index is 0.0111. The van der Waals surface area contributed by atoms with E-state index in [1.807, 2.05) is 56.3 Å². The van der Waals surface area contributed by atoms with E-state index in [1.165, 1.54) is 11.6 Å². The molecule has 6 aromatic carbocycles. The molecule has 21 heteroatoms. The highest BCUT2D eigenvalue weighted by Crippen LogP contribution is 2.41. The minimum atomic E-state index is -4.81. The van der Waals surface area contributed by atoms with E-state index in [9.17, 15) is 47.3 Å². The van der Waals surface area contributed by atoms with Gasteiger partial charge in [0.2, 0.25) is 16.0 Å². The third-order valence-electron chi connectivity index (χ3n) is 12.6. The summed E-state index contributed by atoms with van der Waals surface area (Å²) in [6.07, 6.45) is 1.08. The van der Waals surface area contributed by atoms with Crippen LogP contribution in [-0.2, 0) is 66.1 Å². The Bertz CT molecular complexity index is 3940. The first-order valence-electron chi connectivity index (χ1n) is 22.8. The SMILES string of the molecule is Cc1cccc(C)c1Cc1ccc2c(-c3ccccc3S(=O)(=O)O)c3ccc(Cc4c(C)cc(S(=O)(=O)NCCCc5nc(Cc6cc(S(=O)(=O)O)ccc6S(=O)(=O)O)nc(N(C)C)n5)cc4C)cc3[o+]c2c1. The molecule has 0 saturated carbocycles. The zero-order chi connectivity index (χ0) is 52.8. The van der Waals surface area contributed by atoms with Crippen molar-refractivity contribution in [2.75, 3.05) is 25.5 Å². The van der Waals surface area contributed by atoms with Gasteiger partial charge in [0.15, 0.2) is 0 Å². The van der Waals surface area contributed by atoms with E-state index >= 15 is 0 Å². The summed E-state index contributed by atoms with van der Waals surface area (Å²) in [5.74, 6) is 0.436. The Kier molecular flexibility index (Phi) is 14.7. The van der Waals surface area contributed by atoms with Crippen LogP contribution in [0.15, 0.2) is 133 Å². The highest BCUT2D eigenvalue weighted by molar-refractivity contribution is 7.89. The summed E-state index contributed by atoms with van der Waals surface area (Å²) in [5.41, 5.74) is 9.42. The summed E-state index contributed by atoms with van der Waals surface area (Å²) in [7, 11) is -14.9. The van der Waals surface area contributed by atoms with E-state index in [4.69, 9.17) is 4.42 Å². The lowest BCUT2D eigenvalue weighted by Gasteiger charge is -2.15. The highest BCUT2D eigenvalue weighted by Gasteiger charge is 2.27. The van der Waals surface area contributed by atoms with Gasteiger partial charge in [-0.1, -0.05) is 48.5 Å². The van der Waals surface area contributed by atoms with Crippen LogP contribution in [0.3, 0.4) is 0 Å². The van der Waals surface area contributed by atoms with E-state index < -0.39 is 50.2 Å². The van der Waals surface area contributed by atoms with Crippen LogP contribution in [0.1, 0.15) is 68.1 Å². The predicted molar refractivity (Wildman–Crippen MR) is 277 cm³/mol. The van der Waals surface area contributed by atoms with Crippen molar-refractivity contribution in [1.82, 2.24) is 19.7 Å². The maximum Gasteiger partial charge on any atom is 0.361 e. The minimum Gasteiger partial charge on any atom is -0.347 e. The molecule has 8 aromatic rings. The second kappa shape index (κ2) is 20.4. The van der Waals surface area contributed by atoms with Gasteiger partial charge in [-0.15, -0.1) is 0 Å². The van der Waals surface area contributed by atoms with Crippen LogP contribution < -0.4 is 9.62 Å². The lowest BCUT2D eigenvalue weighted by molar-refractivity contribution is 0.477. The van der Waals surface area contributed by atoms with Gasteiger partial charge in [0.1, 0.15) is 16.5 Å². The molecule has 0 radical (unpaired) electrons. The lowest BCUT2D eigenvalue weighted by Crippen LogP contribution is -2.26. The van der Waals surface area contributed by atoms with Crippen molar-refractivity contribution in [3.05, 3.63) is 171 Å². The number of rotatable bonds is 17. The summed E-state index contributed by atoms with van der Waals surface area (Å²) in [5, 5.41) is 1.29. The van der Waals surface area contributed by atoms with E-state index in [0.717, 1.165) is 57.1 Å². The zero-order valence-corrected chi connectivity index (χ0v) is 43.8. The van der Waals surface area contributed by atoms with Gasteiger partial charge in [-0.3, -0.25) is 13.7 Å². The molecule has 0 saturated heterocycles. The maximum absolute atomic E-state index is 13.7. The van der Waals surface area contributed by atoms with Crippen molar-refractivity contribution in [2.45, 2.75) is 79.4 Å². The standard InChI is InChI=1S/C52H51N5O12S4/c1-31-11-9-12-32(2)43(31)25-35-16-19-40-45(27-35)69-46-28-36(17-20-41(46)51(40)42-13-7-8-14-48(42)73(66,67)68)26-44-33(3)23-39(24-34(44)4)70(58,59)53-22-10-15-49-54-50(56-52(55-49)57(5)6)30-37-29-38(71(60,61)62)18-21-47(37)72(63,64)65/h7-9,11-14,16-21,23-24,27-29,53H,10,15,22,25-26,30H2,1-6H3,(H2-,60,61,62,63,64,65,66,67,68)/p+1. The van der Waals surface area contributed by atoms with Crippen molar-refractivity contribution in [1.29, 1.82) is 0 Å². The molecule has 0 unspecified atom stereocenters. The lowest BCUT2D eigenvalue weighted by atomic mass is 9.92. The second-order valence-corrected chi connectivity index (χ2v) is 24.1. The molecule has 17 nitrogen and oxygen atoms in total. The number of benzene rings is 6. The summed E-state index contributed by atoms with van der Waals surface area (Å²) in [6.45, 7) is 7.81. The van der Waals surface area contributed by atoms with Gasteiger partial charge in [0.05, 0.1) is 25.5 Å². The number of sulfonamides is 1. The topological polar surface area (TPSA) is 262 Å². The summed E-state index contributed by atoms with van der Waals surface area (Å²) in [4.78, 5) is 13.4. The molecule has 2 aromatic heterocycles. The summed E-state index contributed by atoms with van der Waals surface area (Å²) in [6, 6.07) is 29.8. The third kappa shape index (κ3) is 11.8. The molecule has 0 aliphatic carbocycles. The van der Waals surface area contributed by atoms with Gasteiger partial charge in [-0.25, -0.2) is 22.5 Å². The molecule has 0 atom stereocenters. The van der Waals surface area contributed by atoms with Crippen molar-refractivity contribution in [3.8, 4) is 11.1 Å². The van der Waals surface area contributed by atoms with Gasteiger partial charge >= 0.3 is 11.2 Å². The Balaban J connectivity index is 1.03. The van der Waals surface area contributed by atoms with Gasteiger partial charge in [-0.2, -0.15) is 35.2 Å². The third-order valence-corrected chi connectivity index (χ3v) is 16.8. The van der Waals surface area contributed by atoms with Crippen LogP contribution in [0.25, 0.3) is 33.1 Å². The van der Waals surface area contributed by atoms with Crippen LogP contribution in [0.4, 0.5) is 5.95 Å². The summed E-state index contributed by atoms with van der Waals surface area (Å²) >= 11 is 0. The van der Waals surface area contributed by atoms with Crippen LogP contribution in [-0.4, -0.2) is 82.9 Å². The number of aromatic nitrogens is 3.